The molecule has 0 saturated carbocycles. The molecule has 0 spiro atoms. The Bertz CT molecular complexity index is 630. The van der Waals surface area contributed by atoms with E-state index >= 15 is 0 Å². The van der Waals surface area contributed by atoms with Crippen LogP contribution in [0.2, 0.25) is 0 Å². The third-order valence-corrected chi connectivity index (χ3v) is 2.84. The van der Waals surface area contributed by atoms with Crippen LogP contribution < -0.4 is 16.0 Å². The van der Waals surface area contributed by atoms with Gasteiger partial charge >= 0.3 is 0 Å². The van der Waals surface area contributed by atoms with Crippen molar-refractivity contribution < 1.29 is 18.3 Å². The average molecular weight is 292 g/mol. The third kappa shape index (κ3) is 4.25. The summed E-state index contributed by atoms with van der Waals surface area (Å²) in [5.41, 5.74) is 3.61. The van der Waals surface area contributed by atoms with Gasteiger partial charge in [0.2, 0.25) is 5.91 Å². The number of carbonyl (C=O) groups is 1. The highest BCUT2D eigenvalue weighted by Crippen LogP contribution is 2.19. The van der Waals surface area contributed by atoms with Gasteiger partial charge in [0, 0.05) is 6.07 Å². The molecule has 4 nitrogen and oxygen atoms in total. The second-order valence-corrected chi connectivity index (χ2v) is 4.42. The molecule has 0 aliphatic carbocycles. The van der Waals surface area contributed by atoms with Gasteiger partial charge in [-0.1, -0.05) is 24.3 Å². The van der Waals surface area contributed by atoms with Crippen molar-refractivity contribution in [3.8, 4) is 5.75 Å². The maximum Gasteiger partial charge on any atom is 0.238 e. The van der Waals surface area contributed by atoms with Gasteiger partial charge in [0.05, 0.1) is 6.42 Å². The highest BCUT2D eigenvalue weighted by atomic mass is 19.1. The van der Waals surface area contributed by atoms with Crippen molar-refractivity contribution in [3.63, 3.8) is 0 Å². The molecule has 110 valence electrons. The molecular formula is C15H14F2N2O2. The molecule has 0 unspecified atom stereocenters. The first-order chi connectivity index (χ1) is 10.1. The van der Waals surface area contributed by atoms with Gasteiger partial charge in [-0.2, -0.15) is 0 Å². The first kappa shape index (κ1) is 14.9. The summed E-state index contributed by atoms with van der Waals surface area (Å²) in [6, 6.07) is 10.0. The normalized spacial score (nSPS) is 10.2. The van der Waals surface area contributed by atoms with Crippen LogP contribution >= 0.6 is 0 Å². The summed E-state index contributed by atoms with van der Waals surface area (Å²) in [5, 5.41) is 0. The third-order valence-electron chi connectivity index (χ3n) is 2.84. The second-order valence-electron chi connectivity index (χ2n) is 4.42. The monoisotopic (exact) mass is 292 g/mol. The Morgan fingerprint density at radius 3 is 2.43 bits per heavy atom. The molecule has 21 heavy (non-hydrogen) atoms. The zero-order chi connectivity index (χ0) is 15.2. The minimum absolute atomic E-state index is 0.101. The highest BCUT2D eigenvalue weighted by molar-refractivity contribution is 5.77. The molecule has 0 atom stereocenters. The maximum absolute atomic E-state index is 13.4. The van der Waals surface area contributed by atoms with Gasteiger partial charge in [0.15, 0.2) is 11.6 Å². The van der Waals surface area contributed by atoms with E-state index < -0.39 is 11.6 Å². The number of halogens is 2. The number of nitrogens with one attached hydrogen (secondary N) is 1. The van der Waals surface area contributed by atoms with Crippen molar-refractivity contribution in [2.24, 2.45) is 5.84 Å². The van der Waals surface area contributed by atoms with Crippen LogP contribution in [0.5, 0.6) is 5.75 Å². The molecule has 0 bridgehead atoms. The number of benzene rings is 2. The molecule has 0 aromatic heterocycles. The first-order valence-corrected chi connectivity index (χ1v) is 6.23. The van der Waals surface area contributed by atoms with Crippen LogP contribution in [0, 0.1) is 11.6 Å². The standard InChI is InChI=1S/C15H14F2N2O2/c16-12-5-6-13(17)14(8-12)21-9-11-3-1-10(2-4-11)7-15(20)19-18/h1-6,8H,7,9,18H2,(H,19,20). The van der Waals surface area contributed by atoms with Crippen LogP contribution in [-0.2, 0) is 17.8 Å². The van der Waals surface area contributed by atoms with Crippen LogP contribution in [0.1, 0.15) is 11.1 Å². The van der Waals surface area contributed by atoms with Crippen molar-refractivity contribution in [2.75, 3.05) is 0 Å². The molecule has 2 aromatic rings. The fourth-order valence-electron chi connectivity index (χ4n) is 1.74. The number of amides is 1. The van der Waals surface area contributed by atoms with E-state index in [-0.39, 0.29) is 24.7 Å². The largest absolute Gasteiger partial charge is 0.486 e. The Morgan fingerprint density at radius 2 is 1.76 bits per heavy atom. The van der Waals surface area contributed by atoms with E-state index in [2.05, 4.69) is 0 Å². The Labute approximate surface area is 120 Å². The molecule has 0 fully saturated rings. The number of carbonyl (C=O) groups excluding carboxylic acids is 1. The summed E-state index contributed by atoms with van der Waals surface area (Å²) in [6.45, 7) is 0.101. The predicted molar refractivity (Wildman–Crippen MR) is 73.2 cm³/mol. The quantitative estimate of drug-likeness (QED) is 0.504. The van der Waals surface area contributed by atoms with Gasteiger partial charge < -0.3 is 4.74 Å². The minimum atomic E-state index is -0.618. The molecule has 2 aromatic carbocycles. The summed E-state index contributed by atoms with van der Waals surface area (Å²) >= 11 is 0. The Kier molecular flexibility index (Phi) is 4.84. The number of ether oxygens (including phenoxy) is 1. The van der Waals surface area contributed by atoms with Crippen molar-refractivity contribution >= 4 is 5.91 Å². The second kappa shape index (κ2) is 6.81. The number of nitrogens with two attached hydrogens (primary N) is 1. The summed E-state index contributed by atoms with van der Waals surface area (Å²) < 4.78 is 31.6. The number of hydrazine groups is 1. The number of hydrogen-bond acceptors (Lipinski definition) is 3. The summed E-state index contributed by atoms with van der Waals surface area (Å²) in [7, 11) is 0. The fourth-order valence-corrected chi connectivity index (χ4v) is 1.74. The average Bonchev–Trinajstić information content (AvgIpc) is 2.49. The molecule has 0 aliphatic heterocycles. The van der Waals surface area contributed by atoms with Crippen molar-refractivity contribution in [1.82, 2.24) is 5.43 Å². The Morgan fingerprint density at radius 1 is 1.10 bits per heavy atom. The SMILES string of the molecule is NNC(=O)Cc1ccc(COc2cc(F)ccc2F)cc1. The van der Waals surface area contributed by atoms with Gasteiger partial charge in [-0.25, -0.2) is 14.6 Å². The maximum atomic E-state index is 13.4. The lowest BCUT2D eigenvalue weighted by atomic mass is 10.1. The zero-order valence-corrected chi connectivity index (χ0v) is 11.1. The molecule has 0 aliphatic rings. The molecule has 0 saturated heterocycles. The molecule has 2 rings (SSSR count). The summed E-state index contributed by atoms with van der Waals surface area (Å²) in [5.74, 6) is 3.40. The lowest BCUT2D eigenvalue weighted by Crippen LogP contribution is -2.31. The molecular weight excluding hydrogens is 278 g/mol. The van der Waals surface area contributed by atoms with Gasteiger partial charge in [-0.15, -0.1) is 0 Å². The van der Waals surface area contributed by atoms with E-state index in [0.29, 0.717) is 0 Å². The van der Waals surface area contributed by atoms with E-state index in [4.69, 9.17) is 10.6 Å². The fraction of sp³-hybridized carbons (Fsp3) is 0.133. The van der Waals surface area contributed by atoms with Crippen molar-refractivity contribution in [3.05, 3.63) is 65.2 Å². The van der Waals surface area contributed by atoms with Crippen LogP contribution in [0.3, 0.4) is 0 Å². The molecule has 0 radical (unpaired) electrons. The molecule has 6 heteroatoms. The first-order valence-electron chi connectivity index (χ1n) is 6.23. The van der Waals surface area contributed by atoms with Crippen molar-refractivity contribution in [2.45, 2.75) is 13.0 Å². The predicted octanol–water partition coefficient (Wildman–Crippen LogP) is 2.08. The highest BCUT2D eigenvalue weighted by Gasteiger charge is 2.06. The van der Waals surface area contributed by atoms with Crippen LogP contribution in [0.15, 0.2) is 42.5 Å². The van der Waals surface area contributed by atoms with E-state index in [1.807, 2.05) is 5.43 Å². The minimum Gasteiger partial charge on any atom is -0.486 e. The Balaban J connectivity index is 1.97. The lowest BCUT2D eigenvalue weighted by molar-refractivity contribution is -0.120. The lowest BCUT2D eigenvalue weighted by Gasteiger charge is -2.08. The summed E-state index contributed by atoms with van der Waals surface area (Å²) in [6.07, 6.45) is 0.177. The van der Waals surface area contributed by atoms with Crippen LogP contribution in [0.4, 0.5) is 8.78 Å². The number of hydrogen-bond donors (Lipinski definition) is 2. The van der Waals surface area contributed by atoms with Crippen LogP contribution in [-0.4, -0.2) is 5.91 Å². The summed E-state index contributed by atoms with van der Waals surface area (Å²) in [4.78, 5) is 11.1. The van der Waals surface area contributed by atoms with Crippen molar-refractivity contribution in [1.29, 1.82) is 0 Å². The zero-order valence-electron chi connectivity index (χ0n) is 11.1. The van der Waals surface area contributed by atoms with E-state index in [1.165, 1.54) is 0 Å². The molecule has 0 heterocycles. The van der Waals surface area contributed by atoms with Gasteiger partial charge in [-0.3, -0.25) is 10.2 Å². The smallest absolute Gasteiger partial charge is 0.238 e. The molecule has 3 N–H and O–H groups in total. The van der Waals surface area contributed by atoms with Gasteiger partial charge in [0.1, 0.15) is 12.4 Å². The Hall–Kier alpha value is -2.47. The van der Waals surface area contributed by atoms with Crippen LogP contribution in [0.25, 0.3) is 0 Å². The van der Waals surface area contributed by atoms with E-state index in [0.717, 1.165) is 29.3 Å². The van der Waals surface area contributed by atoms with E-state index in [1.54, 1.807) is 24.3 Å². The number of rotatable bonds is 5. The van der Waals surface area contributed by atoms with E-state index in [9.17, 15) is 13.6 Å². The van der Waals surface area contributed by atoms with Gasteiger partial charge in [0.25, 0.3) is 0 Å². The van der Waals surface area contributed by atoms with Gasteiger partial charge in [-0.05, 0) is 23.3 Å². The topological polar surface area (TPSA) is 64.3 Å². The molecule has 1 amide bonds.